The van der Waals surface area contributed by atoms with E-state index in [4.69, 9.17) is 11.6 Å². The van der Waals surface area contributed by atoms with Gasteiger partial charge < -0.3 is 0 Å². The Kier molecular flexibility index (Phi) is 3.03. The first-order valence-corrected chi connectivity index (χ1v) is 6.66. The second-order valence-corrected chi connectivity index (χ2v) is 5.62. The Morgan fingerprint density at radius 1 is 1.64 bits per heavy atom. The summed E-state index contributed by atoms with van der Waals surface area (Å²) in [6, 6.07) is 0. The number of hydrogen-bond acceptors (Lipinski definition) is 1. The predicted octanol–water partition coefficient (Wildman–Crippen LogP) is 3.30. The fourth-order valence-corrected chi connectivity index (χ4v) is 3.37. The lowest BCUT2D eigenvalue weighted by Gasteiger charge is -2.50. The van der Waals surface area contributed by atoms with Crippen LogP contribution in [-0.2, 0) is 4.79 Å². The number of Topliss-reactive ketones (excluding diaryl/α,β-unsaturated/α-hetero) is 1. The highest BCUT2D eigenvalue weighted by molar-refractivity contribution is 9.09. The molecule has 0 N–H and O–H groups in total. The highest BCUT2D eigenvalue weighted by Crippen LogP contribution is 2.52. The number of carbonyl (C=O) groups is 1. The molecule has 1 fully saturated rings. The minimum atomic E-state index is -0.560. The molecule has 0 spiro atoms. The molecule has 1 saturated carbocycles. The molecule has 0 radical (unpaired) electrons. The maximum absolute atomic E-state index is 11.8. The van der Waals surface area contributed by atoms with Gasteiger partial charge in [-0.1, -0.05) is 28.1 Å². The molecule has 3 heteroatoms. The molecule has 0 aliphatic heterocycles. The third-order valence-electron chi connectivity index (χ3n) is 3.37. The van der Waals surface area contributed by atoms with Gasteiger partial charge in [0.15, 0.2) is 5.78 Å². The van der Waals surface area contributed by atoms with Crippen molar-refractivity contribution in [3.05, 3.63) is 12.2 Å². The topological polar surface area (TPSA) is 17.1 Å². The molecule has 2 rings (SSSR count). The summed E-state index contributed by atoms with van der Waals surface area (Å²) in [6.45, 7) is 0. The van der Waals surface area contributed by atoms with Crippen LogP contribution in [0.1, 0.15) is 25.7 Å². The first kappa shape index (κ1) is 10.7. The van der Waals surface area contributed by atoms with Crippen LogP contribution in [0.5, 0.6) is 0 Å². The van der Waals surface area contributed by atoms with E-state index in [9.17, 15) is 4.79 Å². The molecule has 0 aromatic carbocycles. The Hall–Kier alpha value is 0.180. The van der Waals surface area contributed by atoms with Crippen LogP contribution in [-0.4, -0.2) is 16.0 Å². The van der Waals surface area contributed by atoms with E-state index in [1.54, 1.807) is 0 Å². The number of alkyl halides is 2. The van der Waals surface area contributed by atoms with E-state index in [-0.39, 0.29) is 11.7 Å². The van der Waals surface area contributed by atoms with Gasteiger partial charge in [-0.05, 0) is 25.7 Å². The number of hydrogen-bond donors (Lipinski definition) is 0. The van der Waals surface area contributed by atoms with Gasteiger partial charge in [0.05, 0.1) is 0 Å². The minimum absolute atomic E-state index is 0.229. The number of ketones is 1. The lowest BCUT2D eigenvalue weighted by atomic mass is 9.58. The molecule has 3 atom stereocenters. The molecular weight excluding hydrogens is 263 g/mol. The van der Waals surface area contributed by atoms with E-state index in [2.05, 4.69) is 28.1 Å². The lowest BCUT2D eigenvalue weighted by Crippen LogP contribution is -2.59. The average Bonchev–Trinajstić information content (AvgIpc) is 2.25. The predicted molar refractivity (Wildman–Crippen MR) is 62.0 cm³/mol. The number of rotatable bonds is 3. The standard InChI is InChI=1S/C11H14BrClO/c12-7-3-6-11(13)9-5-2-1-4-8(9)10(11)14/h2,5,8-9H,1,3-4,6-7H2/t8-,9+,11?/m1/s1. The molecule has 0 aromatic rings. The Bertz CT molecular complexity index is 276. The second kappa shape index (κ2) is 3.97. The van der Waals surface area contributed by atoms with Crippen molar-refractivity contribution >= 4 is 33.3 Å². The molecule has 2 aliphatic carbocycles. The molecule has 1 unspecified atom stereocenters. The van der Waals surface area contributed by atoms with Crippen LogP contribution in [0.15, 0.2) is 12.2 Å². The monoisotopic (exact) mass is 276 g/mol. The summed E-state index contributed by atoms with van der Waals surface area (Å²) >= 11 is 9.76. The quantitative estimate of drug-likeness (QED) is 0.571. The molecule has 78 valence electrons. The molecular formula is C11H14BrClO. The zero-order chi connectivity index (χ0) is 10.2. The fourth-order valence-electron chi connectivity index (χ4n) is 2.59. The van der Waals surface area contributed by atoms with Crippen LogP contribution in [0.4, 0.5) is 0 Å². The van der Waals surface area contributed by atoms with Crippen molar-refractivity contribution < 1.29 is 4.79 Å². The lowest BCUT2D eigenvalue weighted by molar-refractivity contribution is -0.138. The highest BCUT2D eigenvalue weighted by atomic mass is 79.9. The molecule has 1 nitrogen and oxygen atoms in total. The van der Waals surface area contributed by atoms with Gasteiger partial charge in [-0.3, -0.25) is 4.79 Å². The van der Waals surface area contributed by atoms with E-state index in [0.29, 0.717) is 5.92 Å². The van der Waals surface area contributed by atoms with Crippen LogP contribution < -0.4 is 0 Å². The fraction of sp³-hybridized carbons (Fsp3) is 0.727. The van der Waals surface area contributed by atoms with Crippen molar-refractivity contribution in [2.75, 3.05) is 5.33 Å². The van der Waals surface area contributed by atoms with E-state index in [1.807, 2.05) is 0 Å². The summed E-state index contributed by atoms with van der Waals surface area (Å²) in [7, 11) is 0. The van der Waals surface area contributed by atoms with Crippen LogP contribution in [0.2, 0.25) is 0 Å². The minimum Gasteiger partial charge on any atom is -0.297 e. The van der Waals surface area contributed by atoms with Gasteiger partial charge >= 0.3 is 0 Å². The van der Waals surface area contributed by atoms with Crippen LogP contribution in [0.25, 0.3) is 0 Å². The third kappa shape index (κ3) is 1.47. The second-order valence-electron chi connectivity index (χ2n) is 4.16. The van der Waals surface area contributed by atoms with Gasteiger partial charge in [-0.25, -0.2) is 0 Å². The van der Waals surface area contributed by atoms with Crippen molar-refractivity contribution in [2.45, 2.75) is 30.6 Å². The molecule has 14 heavy (non-hydrogen) atoms. The van der Waals surface area contributed by atoms with E-state index < -0.39 is 4.87 Å². The van der Waals surface area contributed by atoms with Gasteiger partial charge in [0.2, 0.25) is 0 Å². The zero-order valence-electron chi connectivity index (χ0n) is 8.01. The number of fused-ring (bicyclic) bond motifs is 1. The normalized spacial score (nSPS) is 40.6. The summed E-state index contributed by atoms with van der Waals surface area (Å²) in [5.41, 5.74) is 0. The third-order valence-corrected chi connectivity index (χ3v) is 4.56. The SMILES string of the molecule is O=C1[C@@H]2CCC=C[C@@H]2C1(Cl)CCCBr. The van der Waals surface area contributed by atoms with E-state index in [1.165, 1.54) is 0 Å². The van der Waals surface area contributed by atoms with Crippen LogP contribution in [0.3, 0.4) is 0 Å². The molecule has 2 aliphatic rings. The summed E-state index contributed by atoms with van der Waals surface area (Å²) < 4.78 is 0. The maximum atomic E-state index is 11.8. The Morgan fingerprint density at radius 3 is 3.14 bits per heavy atom. The van der Waals surface area contributed by atoms with Crippen molar-refractivity contribution in [1.82, 2.24) is 0 Å². The Labute approximate surface area is 98.0 Å². The molecule has 0 bridgehead atoms. The number of halogens is 2. The van der Waals surface area contributed by atoms with Crippen molar-refractivity contribution in [3.63, 3.8) is 0 Å². The number of allylic oxidation sites excluding steroid dienone is 2. The number of carbonyl (C=O) groups excluding carboxylic acids is 1. The first-order chi connectivity index (χ1) is 6.70. The first-order valence-electron chi connectivity index (χ1n) is 5.16. The van der Waals surface area contributed by atoms with E-state index >= 15 is 0 Å². The Balaban J connectivity index is 2.08. The molecule has 0 saturated heterocycles. The largest absolute Gasteiger partial charge is 0.297 e. The van der Waals surface area contributed by atoms with Gasteiger partial charge in [0.25, 0.3) is 0 Å². The molecule has 0 aromatic heterocycles. The molecule has 0 amide bonds. The van der Waals surface area contributed by atoms with Crippen LogP contribution >= 0.6 is 27.5 Å². The van der Waals surface area contributed by atoms with Gasteiger partial charge in [-0.15, -0.1) is 11.6 Å². The summed E-state index contributed by atoms with van der Waals surface area (Å²) in [5, 5.41) is 0.926. The van der Waals surface area contributed by atoms with Gasteiger partial charge in [-0.2, -0.15) is 0 Å². The van der Waals surface area contributed by atoms with Crippen molar-refractivity contribution in [2.24, 2.45) is 11.8 Å². The zero-order valence-corrected chi connectivity index (χ0v) is 10.4. The smallest absolute Gasteiger partial charge is 0.158 e. The maximum Gasteiger partial charge on any atom is 0.158 e. The van der Waals surface area contributed by atoms with Gasteiger partial charge in [0.1, 0.15) is 4.87 Å². The summed E-state index contributed by atoms with van der Waals surface area (Å²) in [5.74, 6) is 0.826. The summed E-state index contributed by atoms with van der Waals surface area (Å²) in [6.07, 6.45) is 8.15. The van der Waals surface area contributed by atoms with Crippen LogP contribution in [0, 0.1) is 11.8 Å². The van der Waals surface area contributed by atoms with E-state index in [0.717, 1.165) is 31.0 Å². The average molecular weight is 278 g/mol. The Morgan fingerprint density at radius 2 is 2.43 bits per heavy atom. The van der Waals surface area contributed by atoms with Gasteiger partial charge in [0, 0.05) is 17.2 Å². The summed E-state index contributed by atoms with van der Waals surface area (Å²) in [4.78, 5) is 11.3. The highest BCUT2D eigenvalue weighted by Gasteiger charge is 2.59. The van der Waals surface area contributed by atoms with Crippen molar-refractivity contribution in [3.8, 4) is 0 Å². The molecule has 0 heterocycles. The van der Waals surface area contributed by atoms with Crippen molar-refractivity contribution in [1.29, 1.82) is 0 Å².